The number of aromatic amines is 1. The van der Waals surface area contributed by atoms with E-state index >= 15 is 0 Å². The first kappa shape index (κ1) is 19.0. The molecule has 0 radical (unpaired) electrons. The Labute approximate surface area is 171 Å². The van der Waals surface area contributed by atoms with Crippen molar-refractivity contribution in [3.05, 3.63) is 82.3 Å². The van der Waals surface area contributed by atoms with Crippen molar-refractivity contribution in [2.24, 2.45) is 0 Å². The van der Waals surface area contributed by atoms with Crippen LogP contribution in [0.15, 0.2) is 70.5 Å². The Kier molecular flexibility index (Phi) is 4.38. The summed E-state index contributed by atoms with van der Waals surface area (Å²) in [6, 6.07) is 18.1. The molecule has 30 heavy (non-hydrogen) atoms. The average molecular weight is 415 g/mol. The average Bonchev–Trinajstić information content (AvgIpc) is 3.18. The van der Waals surface area contributed by atoms with Crippen LogP contribution in [0.1, 0.15) is 11.1 Å². The fraction of sp³-hybridized carbons (Fsp3) is 0. The van der Waals surface area contributed by atoms with Gasteiger partial charge in [0.15, 0.2) is 0 Å². The summed E-state index contributed by atoms with van der Waals surface area (Å²) in [7, 11) is -3.80. The van der Waals surface area contributed by atoms with Gasteiger partial charge in [0.05, 0.1) is 10.4 Å². The fourth-order valence-corrected chi connectivity index (χ4v) is 4.69. The highest BCUT2D eigenvalue weighted by atomic mass is 32.2. The second kappa shape index (κ2) is 6.92. The van der Waals surface area contributed by atoms with Crippen molar-refractivity contribution in [1.29, 1.82) is 10.5 Å². The second-order valence-corrected chi connectivity index (χ2v) is 8.23. The third-order valence-corrected chi connectivity index (χ3v) is 6.42. The Balaban J connectivity index is 1.95. The molecule has 0 aliphatic carbocycles. The number of H-pyrrole nitrogens is 1. The molecule has 0 saturated carbocycles. The van der Waals surface area contributed by atoms with Crippen LogP contribution in [0.4, 0.5) is 5.82 Å². The van der Waals surface area contributed by atoms with E-state index in [0.717, 1.165) is 3.97 Å². The number of hydrogen-bond donors (Lipinski definition) is 2. The number of hydrogen-bond acceptors (Lipinski definition) is 6. The summed E-state index contributed by atoms with van der Waals surface area (Å²) < 4.78 is 27.1. The molecular weight excluding hydrogens is 402 g/mol. The van der Waals surface area contributed by atoms with E-state index in [1.165, 1.54) is 18.3 Å². The van der Waals surface area contributed by atoms with Crippen LogP contribution in [0.2, 0.25) is 0 Å². The third kappa shape index (κ3) is 2.82. The van der Waals surface area contributed by atoms with Crippen LogP contribution in [0, 0.1) is 22.7 Å². The van der Waals surface area contributed by atoms with Crippen molar-refractivity contribution in [3.63, 3.8) is 0 Å². The molecule has 2 heterocycles. The molecule has 3 N–H and O–H groups in total. The monoisotopic (exact) mass is 415 g/mol. The van der Waals surface area contributed by atoms with E-state index in [9.17, 15) is 23.7 Å². The number of benzene rings is 2. The molecule has 0 bridgehead atoms. The summed E-state index contributed by atoms with van der Waals surface area (Å²) in [4.78, 5) is 14.6. The fourth-order valence-electron chi connectivity index (χ4n) is 3.32. The van der Waals surface area contributed by atoms with Gasteiger partial charge in [-0.15, -0.1) is 0 Å². The molecule has 0 fully saturated rings. The normalized spacial score (nSPS) is 11.1. The van der Waals surface area contributed by atoms with Crippen molar-refractivity contribution < 1.29 is 8.42 Å². The number of anilines is 1. The Hall–Kier alpha value is -4.34. The molecule has 8 nitrogen and oxygen atoms in total. The van der Waals surface area contributed by atoms with E-state index in [0.29, 0.717) is 16.5 Å². The molecule has 4 aromatic rings. The Bertz CT molecular complexity index is 1550. The number of aromatic nitrogens is 2. The van der Waals surface area contributed by atoms with E-state index < -0.39 is 15.6 Å². The van der Waals surface area contributed by atoms with E-state index in [4.69, 9.17) is 5.73 Å². The number of fused-ring (bicyclic) bond motifs is 1. The van der Waals surface area contributed by atoms with Crippen LogP contribution >= 0.6 is 0 Å². The number of nitrogen functional groups attached to an aromatic ring is 1. The van der Waals surface area contributed by atoms with Gasteiger partial charge >= 0.3 is 0 Å². The number of pyridine rings is 1. The number of nitriles is 2. The minimum Gasteiger partial charge on any atom is -0.384 e. The van der Waals surface area contributed by atoms with Crippen molar-refractivity contribution in [2.45, 2.75) is 4.90 Å². The SMILES string of the molecule is N#Cc1c(N)[nH]c(=O)c(C#N)c1-c1ccc2c(ccn2S(=O)(=O)c2ccccc2)c1. The topological polar surface area (TPSA) is 146 Å². The summed E-state index contributed by atoms with van der Waals surface area (Å²) in [6.45, 7) is 0. The highest BCUT2D eigenvalue weighted by Crippen LogP contribution is 2.31. The number of nitrogens with one attached hydrogen (secondary N) is 1. The van der Waals surface area contributed by atoms with E-state index in [1.807, 2.05) is 12.1 Å². The molecule has 0 amide bonds. The number of nitrogens with two attached hydrogens (primary N) is 1. The van der Waals surface area contributed by atoms with Gasteiger partial charge in [-0.05, 0) is 35.9 Å². The summed E-state index contributed by atoms with van der Waals surface area (Å²) >= 11 is 0. The van der Waals surface area contributed by atoms with Gasteiger partial charge in [-0.25, -0.2) is 12.4 Å². The van der Waals surface area contributed by atoms with Crippen molar-refractivity contribution in [2.75, 3.05) is 5.73 Å². The molecule has 0 aliphatic rings. The first-order valence-electron chi connectivity index (χ1n) is 8.66. The lowest BCUT2D eigenvalue weighted by Crippen LogP contribution is -2.16. The lowest BCUT2D eigenvalue weighted by atomic mass is 9.96. The highest BCUT2D eigenvalue weighted by molar-refractivity contribution is 7.90. The lowest BCUT2D eigenvalue weighted by Gasteiger charge is -2.10. The standard InChI is InChI=1S/C21H13N5O3S/c22-11-16-19(17(12-23)21(27)25-20(16)24)14-6-7-18-13(10-14)8-9-26(18)30(28,29)15-4-2-1-3-5-15/h1-10H,(H3,24,25,27). The summed E-state index contributed by atoms with van der Waals surface area (Å²) in [6.07, 6.45) is 1.43. The van der Waals surface area contributed by atoms with Crippen molar-refractivity contribution >= 4 is 26.7 Å². The van der Waals surface area contributed by atoms with Gasteiger partial charge in [0, 0.05) is 17.1 Å². The van der Waals surface area contributed by atoms with E-state index in [-0.39, 0.29) is 27.4 Å². The Morgan fingerprint density at radius 3 is 2.33 bits per heavy atom. The maximum absolute atomic E-state index is 13.0. The molecule has 0 aliphatic heterocycles. The predicted octanol–water partition coefficient (Wildman–Crippen LogP) is 2.56. The molecule has 0 spiro atoms. The minimum absolute atomic E-state index is 0.0261. The number of rotatable bonds is 3. The van der Waals surface area contributed by atoms with Gasteiger partial charge < -0.3 is 10.7 Å². The zero-order valence-corrected chi connectivity index (χ0v) is 16.1. The molecular formula is C21H13N5O3S. The molecule has 146 valence electrons. The van der Waals surface area contributed by atoms with Crippen LogP contribution in [-0.4, -0.2) is 17.4 Å². The largest absolute Gasteiger partial charge is 0.384 e. The summed E-state index contributed by atoms with van der Waals surface area (Å²) in [5, 5.41) is 19.4. The van der Waals surface area contributed by atoms with Gasteiger partial charge in [-0.3, -0.25) is 4.79 Å². The van der Waals surface area contributed by atoms with Crippen molar-refractivity contribution in [1.82, 2.24) is 8.96 Å². The molecule has 2 aromatic heterocycles. The Morgan fingerprint density at radius 2 is 1.67 bits per heavy atom. The smallest absolute Gasteiger partial charge is 0.268 e. The first-order valence-corrected chi connectivity index (χ1v) is 10.1. The second-order valence-electron chi connectivity index (χ2n) is 6.42. The quantitative estimate of drug-likeness (QED) is 0.526. The summed E-state index contributed by atoms with van der Waals surface area (Å²) in [5.41, 5.74) is 5.73. The summed E-state index contributed by atoms with van der Waals surface area (Å²) in [5.74, 6) is -0.138. The molecule has 4 rings (SSSR count). The maximum atomic E-state index is 13.0. The molecule has 0 saturated heterocycles. The van der Waals surface area contributed by atoms with Crippen LogP contribution in [0.25, 0.3) is 22.0 Å². The molecule has 9 heteroatoms. The van der Waals surface area contributed by atoms with Gasteiger partial charge in [0.2, 0.25) is 0 Å². The zero-order chi connectivity index (χ0) is 21.5. The molecule has 0 atom stereocenters. The van der Waals surface area contributed by atoms with Gasteiger partial charge in [0.25, 0.3) is 15.6 Å². The minimum atomic E-state index is -3.80. The zero-order valence-electron chi connectivity index (χ0n) is 15.3. The van der Waals surface area contributed by atoms with Crippen LogP contribution in [0.5, 0.6) is 0 Å². The number of nitrogens with zero attached hydrogens (tertiary/aromatic N) is 3. The van der Waals surface area contributed by atoms with Crippen LogP contribution in [-0.2, 0) is 10.0 Å². The third-order valence-electron chi connectivity index (χ3n) is 4.71. The van der Waals surface area contributed by atoms with E-state index in [2.05, 4.69) is 4.98 Å². The highest BCUT2D eigenvalue weighted by Gasteiger charge is 2.21. The predicted molar refractivity (Wildman–Crippen MR) is 111 cm³/mol. The first-order chi connectivity index (χ1) is 14.4. The van der Waals surface area contributed by atoms with Gasteiger partial charge in [0.1, 0.15) is 29.1 Å². The molecule has 2 aromatic carbocycles. The van der Waals surface area contributed by atoms with Gasteiger partial charge in [-0.1, -0.05) is 24.3 Å². The Morgan fingerprint density at radius 1 is 0.967 bits per heavy atom. The van der Waals surface area contributed by atoms with Crippen LogP contribution in [0.3, 0.4) is 0 Å². The molecule has 0 unspecified atom stereocenters. The van der Waals surface area contributed by atoms with Crippen LogP contribution < -0.4 is 11.3 Å². The van der Waals surface area contributed by atoms with Gasteiger partial charge in [-0.2, -0.15) is 10.5 Å². The van der Waals surface area contributed by atoms with E-state index in [1.54, 1.807) is 42.5 Å². The van der Waals surface area contributed by atoms with Crippen molar-refractivity contribution in [3.8, 4) is 23.3 Å². The lowest BCUT2D eigenvalue weighted by molar-refractivity contribution is 0.589. The maximum Gasteiger partial charge on any atom is 0.268 e.